The van der Waals surface area contributed by atoms with E-state index >= 15 is 0 Å². The fourth-order valence-electron chi connectivity index (χ4n) is 2.54. The highest BCUT2D eigenvalue weighted by Gasteiger charge is 2.53. The van der Waals surface area contributed by atoms with Crippen LogP contribution in [0.4, 0.5) is 5.69 Å². The van der Waals surface area contributed by atoms with Gasteiger partial charge in [0.1, 0.15) is 5.75 Å². The van der Waals surface area contributed by atoms with Crippen LogP contribution in [0.2, 0.25) is 0 Å². The van der Waals surface area contributed by atoms with Crippen LogP contribution < -0.4 is 10.1 Å². The molecule has 1 aliphatic carbocycles. The van der Waals surface area contributed by atoms with Crippen molar-refractivity contribution in [3.8, 4) is 5.75 Å². The third-order valence-corrected chi connectivity index (χ3v) is 5.12. The first-order chi connectivity index (χ1) is 12.6. The molecule has 1 fully saturated rings. The van der Waals surface area contributed by atoms with Crippen molar-refractivity contribution in [1.29, 1.82) is 0 Å². The molecular formula is C20H21NO4S. The predicted octanol–water partition coefficient (Wildman–Crippen LogP) is 3.94. The minimum absolute atomic E-state index is 0.128. The van der Waals surface area contributed by atoms with Crippen molar-refractivity contribution in [3.63, 3.8) is 0 Å². The molecule has 0 unspecified atom stereocenters. The SMILES string of the molecule is O=C(O)CCSCc1cccc(NC(=O)C2(Oc3ccccc3)CC2)c1. The molecule has 3 rings (SSSR count). The van der Waals surface area contributed by atoms with Crippen molar-refractivity contribution >= 4 is 29.3 Å². The van der Waals surface area contributed by atoms with E-state index in [-0.39, 0.29) is 12.3 Å². The molecule has 1 amide bonds. The first-order valence-electron chi connectivity index (χ1n) is 8.51. The Morgan fingerprint density at radius 1 is 1.12 bits per heavy atom. The molecule has 0 radical (unpaired) electrons. The van der Waals surface area contributed by atoms with Crippen LogP contribution in [-0.2, 0) is 15.3 Å². The molecule has 1 aliphatic rings. The summed E-state index contributed by atoms with van der Waals surface area (Å²) in [5, 5.41) is 11.6. The van der Waals surface area contributed by atoms with Crippen molar-refractivity contribution in [2.24, 2.45) is 0 Å². The normalized spacial score (nSPS) is 14.5. The Labute approximate surface area is 156 Å². The highest BCUT2D eigenvalue weighted by atomic mass is 32.2. The number of amides is 1. The van der Waals surface area contributed by atoms with Gasteiger partial charge in [-0.1, -0.05) is 30.3 Å². The second-order valence-electron chi connectivity index (χ2n) is 6.26. The lowest BCUT2D eigenvalue weighted by Gasteiger charge is -2.18. The van der Waals surface area contributed by atoms with Gasteiger partial charge in [-0.05, 0) is 29.8 Å². The first kappa shape index (κ1) is 18.3. The van der Waals surface area contributed by atoms with E-state index in [0.29, 0.717) is 30.1 Å². The van der Waals surface area contributed by atoms with E-state index in [0.717, 1.165) is 11.3 Å². The van der Waals surface area contributed by atoms with E-state index in [2.05, 4.69) is 5.32 Å². The molecule has 0 aromatic heterocycles. The average molecular weight is 371 g/mol. The van der Waals surface area contributed by atoms with Crippen LogP contribution in [0, 0.1) is 0 Å². The van der Waals surface area contributed by atoms with Gasteiger partial charge in [0.25, 0.3) is 5.91 Å². The molecule has 0 bridgehead atoms. The number of hydrogen-bond donors (Lipinski definition) is 2. The van der Waals surface area contributed by atoms with Crippen molar-refractivity contribution in [1.82, 2.24) is 0 Å². The molecule has 136 valence electrons. The van der Waals surface area contributed by atoms with E-state index in [1.54, 1.807) is 11.8 Å². The van der Waals surface area contributed by atoms with Gasteiger partial charge in [-0.3, -0.25) is 9.59 Å². The van der Waals surface area contributed by atoms with Gasteiger partial charge in [0.15, 0.2) is 5.60 Å². The molecule has 0 spiro atoms. The molecule has 26 heavy (non-hydrogen) atoms. The fourth-order valence-corrected chi connectivity index (χ4v) is 3.42. The zero-order valence-electron chi connectivity index (χ0n) is 14.3. The largest absolute Gasteiger partial charge is 0.481 e. The molecule has 6 heteroatoms. The maximum atomic E-state index is 12.6. The lowest BCUT2D eigenvalue weighted by molar-refractivity contribution is -0.136. The number of carbonyl (C=O) groups is 2. The van der Waals surface area contributed by atoms with Crippen LogP contribution in [0.25, 0.3) is 0 Å². The Morgan fingerprint density at radius 2 is 1.88 bits per heavy atom. The molecule has 5 nitrogen and oxygen atoms in total. The Bertz CT molecular complexity index is 774. The van der Waals surface area contributed by atoms with E-state index in [9.17, 15) is 9.59 Å². The number of para-hydroxylation sites is 1. The number of thioether (sulfide) groups is 1. The summed E-state index contributed by atoms with van der Waals surface area (Å²) in [7, 11) is 0. The van der Waals surface area contributed by atoms with Gasteiger partial charge >= 0.3 is 5.97 Å². The van der Waals surface area contributed by atoms with Gasteiger partial charge in [-0.15, -0.1) is 0 Å². The second kappa shape index (κ2) is 8.27. The number of aliphatic carboxylic acids is 1. The van der Waals surface area contributed by atoms with Gasteiger partial charge < -0.3 is 15.2 Å². The summed E-state index contributed by atoms with van der Waals surface area (Å²) in [6, 6.07) is 17.0. The Kier molecular flexibility index (Phi) is 5.83. The van der Waals surface area contributed by atoms with Crippen molar-refractivity contribution in [2.75, 3.05) is 11.1 Å². The molecule has 2 N–H and O–H groups in total. The zero-order valence-corrected chi connectivity index (χ0v) is 15.1. The summed E-state index contributed by atoms with van der Waals surface area (Å²) in [6.07, 6.45) is 1.57. The number of benzene rings is 2. The minimum Gasteiger partial charge on any atom is -0.481 e. The maximum absolute atomic E-state index is 12.6. The molecule has 0 saturated heterocycles. The van der Waals surface area contributed by atoms with Gasteiger partial charge in [0.2, 0.25) is 0 Å². The third kappa shape index (κ3) is 5.02. The van der Waals surface area contributed by atoms with E-state index in [4.69, 9.17) is 9.84 Å². The molecule has 2 aromatic carbocycles. The van der Waals surface area contributed by atoms with Crippen molar-refractivity contribution < 1.29 is 19.4 Å². The van der Waals surface area contributed by atoms with E-state index < -0.39 is 11.6 Å². The Hall–Kier alpha value is -2.47. The van der Waals surface area contributed by atoms with Gasteiger partial charge in [0.05, 0.1) is 6.42 Å². The summed E-state index contributed by atoms with van der Waals surface area (Å²) < 4.78 is 5.91. The quantitative estimate of drug-likeness (QED) is 0.653. The topological polar surface area (TPSA) is 75.6 Å². The van der Waals surface area contributed by atoms with E-state index in [1.165, 1.54) is 0 Å². The number of carboxylic acids is 1. The Morgan fingerprint density at radius 3 is 2.58 bits per heavy atom. The van der Waals surface area contributed by atoms with Crippen molar-refractivity contribution in [3.05, 3.63) is 60.2 Å². The monoisotopic (exact) mass is 371 g/mol. The number of carboxylic acid groups (broad SMARTS) is 1. The van der Waals surface area contributed by atoms with Crippen molar-refractivity contribution in [2.45, 2.75) is 30.6 Å². The third-order valence-electron chi connectivity index (χ3n) is 4.09. The van der Waals surface area contributed by atoms with Crippen LogP contribution in [0.5, 0.6) is 5.75 Å². The Balaban J connectivity index is 1.56. The second-order valence-corrected chi connectivity index (χ2v) is 7.37. The molecule has 2 aromatic rings. The van der Waals surface area contributed by atoms with Crippen LogP contribution in [0.1, 0.15) is 24.8 Å². The molecule has 0 aliphatic heterocycles. The number of hydrogen-bond acceptors (Lipinski definition) is 4. The summed E-state index contributed by atoms with van der Waals surface area (Å²) in [5.74, 6) is 1.07. The van der Waals surface area contributed by atoms with E-state index in [1.807, 2.05) is 54.6 Å². The summed E-state index contributed by atoms with van der Waals surface area (Å²) in [5.41, 5.74) is 1.01. The maximum Gasteiger partial charge on any atom is 0.304 e. The lowest BCUT2D eigenvalue weighted by Crippen LogP contribution is -2.35. The van der Waals surface area contributed by atoms with Gasteiger partial charge in [-0.25, -0.2) is 0 Å². The number of carbonyl (C=O) groups excluding carboxylic acids is 1. The first-order valence-corrected chi connectivity index (χ1v) is 9.67. The number of anilines is 1. The summed E-state index contributed by atoms with van der Waals surface area (Å²) >= 11 is 1.56. The number of nitrogens with one attached hydrogen (secondary N) is 1. The highest BCUT2D eigenvalue weighted by molar-refractivity contribution is 7.98. The van der Waals surface area contributed by atoms with Gasteiger partial charge in [-0.2, -0.15) is 11.8 Å². The number of rotatable bonds is 9. The van der Waals surface area contributed by atoms with Crippen LogP contribution >= 0.6 is 11.8 Å². The minimum atomic E-state index is -0.785. The summed E-state index contributed by atoms with van der Waals surface area (Å²) in [6.45, 7) is 0. The van der Waals surface area contributed by atoms with Crippen LogP contribution in [-0.4, -0.2) is 28.3 Å². The van der Waals surface area contributed by atoms with Crippen LogP contribution in [0.3, 0.4) is 0 Å². The molecule has 0 atom stereocenters. The molecular weight excluding hydrogens is 350 g/mol. The molecule has 1 saturated carbocycles. The predicted molar refractivity (Wildman–Crippen MR) is 103 cm³/mol. The fraction of sp³-hybridized carbons (Fsp3) is 0.300. The highest BCUT2D eigenvalue weighted by Crippen LogP contribution is 2.41. The average Bonchev–Trinajstić information content (AvgIpc) is 3.41. The lowest BCUT2D eigenvalue weighted by atomic mass is 10.2. The summed E-state index contributed by atoms with van der Waals surface area (Å²) in [4.78, 5) is 23.2. The smallest absolute Gasteiger partial charge is 0.304 e. The zero-order chi connectivity index (χ0) is 18.4. The van der Waals surface area contributed by atoms with Gasteiger partial charge in [0, 0.05) is 30.0 Å². The number of ether oxygens (including phenoxy) is 1. The standard InChI is InChI=1S/C20H21NO4S/c22-18(23)9-12-26-14-15-5-4-6-16(13-15)21-19(24)20(10-11-20)25-17-7-2-1-3-8-17/h1-8,13H,9-12,14H2,(H,21,24)(H,22,23). The van der Waals surface area contributed by atoms with Crippen LogP contribution in [0.15, 0.2) is 54.6 Å². The molecule has 0 heterocycles.